The molecule has 10 aromatic rings. The minimum absolute atomic E-state index is 0.921. The smallest absolute Gasteiger partial charge is 0.136 e. The third kappa shape index (κ3) is 3.68. The number of fused-ring (bicyclic) bond motifs is 8. The third-order valence-corrected chi connectivity index (χ3v) is 10.7. The number of thiophene rings is 1. The van der Waals surface area contributed by atoms with Gasteiger partial charge in [-0.3, -0.25) is 0 Å². The zero-order valence-corrected chi connectivity index (χ0v) is 25.6. The molecule has 0 saturated heterocycles. The van der Waals surface area contributed by atoms with Crippen molar-refractivity contribution in [3.8, 4) is 32.7 Å². The van der Waals surface area contributed by atoms with E-state index >= 15 is 0 Å². The van der Waals surface area contributed by atoms with E-state index in [0.717, 1.165) is 16.6 Å². The number of furan rings is 1. The van der Waals surface area contributed by atoms with Crippen molar-refractivity contribution in [2.24, 2.45) is 0 Å². The van der Waals surface area contributed by atoms with Crippen molar-refractivity contribution in [2.45, 2.75) is 0 Å². The molecule has 214 valence electrons. The Morgan fingerprint density at radius 2 is 0.978 bits per heavy atom. The summed E-state index contributed by atoms with van der Waals surface area (Å²) in [5.41, 5.74) is 8.14. The molecule has 46 heavy (non-hydrogen) atoms. The van der Waals surface area contributed by atoms with E-state index < -0.39 is 0 Å². The summed E-state index contributed by atoms with van der Waals surface area (Å²) in [5, 5.41) is 11.1. The second-order valence-electron chi connectivity index (χ2n) is 12.0. The maximum atomic E-state index is 6.46. The molecule has 0 atom stereocenters. The van der Waals surface area contributed by atoms with Gasteiger partial charge in [0.25, 0.3) is 0 Å². The van der Waals surface area contributed by atoms with Gasteiger partial charge in [-0.25, -0.2) is 0 Å². The lowest BCUT2D eigenvalue weighted by Gasteiger charge is -2.19. The Morgan fingerprint density at radius 1 is 0.370 bits per heavy atom. The summed E-state index contributed by atoms with van der Waals surface area (Å²) in [7, 11) is 0. The van der Waals surface area contributed by atoms with Gasteiger partial charge in [0.1, 0.15) is 11.2 Å². The van der Waals surface area contributed by atoms with Crippen molar-refractivity contribution < 1.29 is 4.42 Å². The van der Waals surface area contributed by atoms with Gasteiger partial charge in [-0.05, 0) is 78.8 Å². The zero-order chi connectivity index (χ0) is 30.2. The summed E-state index contributed by atoms with van der Waals surface area (Å²) in [6.45, 7) is 0. The lowest BCUT2D eigenvalue weighted by Crippen LogP contribution is -1.92. The van der Waals surface area contributed by atoms with Crippen LogP contribution in [0.4, 0.5) is 0 Å². The highest BCUT2D eigenvalue weighted by Gasteiger charge is 2.25. The summed E-state index contributed by atoms with van der Waals surface area (Å²) in [4.78, 5) is 1.28. The van der Waals surface area contributed by atoms with Crippen LogP contribution in [0.3, 0.4) is 0 Å². The van der Waals surface area contributed by atoms with Crippen molar-refractivity contribution in [3.63, 3.8) is 0 Å². The number of para-hydroxylation sites is 1. The van der Waals surface area contributed by atoms with E-state index in [9.17, 15) is 0 Å². The molecule has 10 rings (SSSR count). The summed E-state index contributed by atoms with van der Waals surface area (Å²) in [6.07, 6.45) is 0. The van der Waals surface area contributed by atoms with Crippen LogP contribution in [0.5, 0.6) is 0 Å². The van der Waals surface area contributed by atoms with Gasteiger partial charge in [-0.1, -0.05) is 133 Å². The molecule has 0 radical (unpaired) electrons. The van der Waals surface area contributed by atoms with Gasteiger partial charge in [0, 0.05) is 31.3 Å². The molecule has 0 bridgehead atoms. The van der Waals surface area contributed by atoms with E-state index in [1.165, 1.54) is 80.5 Å². The van der Waals surface area contributed by atoms with Crippen LogP contribution in [0.1, 0.15) is 0 Å². The first-order chi connectivity index (χ1) is 22.8. The first-order valence-corrected chi connectivity index (χ1v) is 16.5. The van der Waals surface area contributed by atoms with E-state index in [4.69, 9.17) is 4.42 Å². The van der Waals surface area contributed by atoms with Crippen LogP contribution >= 0.6 is 11.3 Å². The van der Waals surface area contributed by atoms with E-state index in [0.29, 0.717) is 0 Å². The second kappa shape index (κ2) is 9.90. The Morgan fingerprint density at radius 3 is 1.72 bits per heavy atom. The highest BCUT2D eigenvalue weighted by molar-refractivity contribution is 7.23. The van der Waals surface area contributed by atoms with Gasteiger partial charge in [-0.15, -0.1) is 11.3 Å². The monoisotopic (exact) mass is 602 g/mol. The summed E-state index contributed by atoms with van der Waals surface area (Å²) in [5.74, 6) is 0. The lowest BCUT2D eigenvalue weighted by molar-refractivity contribution is 0.669. The molecule has 0 saturated carbocycles. The van der Waals surface area contributed by atoms with Gasteiger partial charge in [0.2, 0.25) is 0 Å². The molecule has 0 spiro atoms. The highest BCUT2D eigenvalue weighted by atomic mass is 32.1. The second-order valence-corrected chi connectivity index (χ2v) is 13.0. The molecule has 0 unspecified atom stereocenters. The molecule has 1 nitrogen and oxygen atoms in total. The summed E-state index contributed by atoms with van der Waals surface area (Å²) >= 11 is 1.88. The Kier molecular flexibility index (Phi) is 5.51. The van der Waals surface area contributed by atoms with Crippen molar-refractivity contribution in [3.05, 3.63) is 158 Å². The van der Waals surface area contributed by atoms with E-state index in [1.54, 1.807) is 0 Å². The van der Waals surface area contributed by atoms with Crippen LogP contribution in [0.2, 0.25) is 0 Å². The predicted molar refractivity (Wildman–Crippen MR) is 198 cm³/mol. The zero-order valence-electron chi connectivity index (χ0n) is 24.8. The Bertz CT molecular complexity index is 2740. The van der Waals surface area contributed by atoms with Crippen LogP contribution in [-0.2, 0) is 0 Å². The quantitative estimate of drug-likeness (QED) is 0.183. The van der Waals surface area contributed by atoms with E-state index in [1.807, 2.05) is 11.3 Å². The maximum absolute atomic E-state index is 6.46. The molecule has 2 heteroatoms. The van der Waals surface area contributed by atoms with Crippen LogP contribution in [0.15, 0.2) is 162 Å². The minimum atomic E-state index is 0.921. The van der Waals surface area contributed by atoms with Crippen LogP contribution in [0.25, 0.3) is 97.0 Å². The molecule has 0 amide bonds. The molecular formula is C44H26OS. The van der Waals surface area contributed by atoms with Crippen LogP contribution in [-0.4, -0.2) is 0 Å². The van der Waals surface area contributed by atoms with E-state index in [2.05, 4.69) is 158 Å². The molecule has 0 aliphatic heterocycles. The largest absolute Gasteiger partial charge is 0.456 e. The fourth-order valence-electron chi connectivity index (χ4n) is 7.49. The standard InChI is InChI=1S/C44H26OS/c1-2-13-28(14-3-1)44-43(42-38(46-44)25-24-37-41(42)35-20-10-11-21-36(35)45-37)40-33-18-8-6-16-31(33)39(32-17-7-9-19-34(32)40)30-23-22-27-12-4-5-15-29(27)26-30/h1-26H. The molecular weight excluding hydrogens is 577 g/mol. The van der Waals surface area contributed by atoms with Crippen molar-refractivity contribution in [1.82, 2.24) is 0 Å². The fraction of sp³-hybridized carbons (Fsp3) is 0. The van der Waals surface area contributed by atoms with Gasteiger partial charge in [0.15, 0.2) is 0 Å². The van der Waals surface area contributed by atoms with Crippen molar-refractivity contribution in [1.29, 1.82) is 0 Å². The first kappa shape index (κ1) is 25.6. The third-order valence-electron chi connectivity index (χ3n) is 9.45. The average Bonchev–Trinajstić information content (AvgIpc) is 3.69. The predicted octanol–water partition coefficient (Wildman–Crippen LogP) is 13.3. The van der Waals surface area contributed by atoms with Gasteiger partial charge >= 0.3 is 0 Å². The Labute approximate surface area is 269 Å². The minimum Gasteiger partial charge on any atom is -0.456 e. The SMILES string of the molecule is c1ccc(-c2sc3ccc4oc5ccccc5c4c3c2-c2c3ccccc3c(-c3ccc4ccccc4c3)c3ccccc23)cc1. The maximum Gasteiger partial charge on any atom is 0.136 e. The topological polar surface area (TPSA) is 13.1 Å². The number of hydrogen-bond acceptors (Lipinski definition) is 2. The van der Waals surface area contributed by atoms with E-state index in [-0.39, 0.29) is 0 Å². The molecule has 0 N–H and O–H groups in total. The fourth-order valence-corrected chi connectivity index (χ4v) is 8.71. The molecule has 2 heterocycles. The van der Waals surface area contributed by atoms with Crippen LogP contribution < -0.4 is 0 Å². The Balaban J connectivity index is 1.42. The normalized spacial score (nSPS) is 11.9. The highest BCUT2D eigenvalue weighted by Crippen LogP contribution is 2.53. The summed E-state index contributed by atoms with van der Waals surface area (Å²) in [6, 6.07) is 57.2. The molecule has 2 aromatic heterocycles. The number of hydrogen-bond donors (Lipinski definition) is 0. The Hall–Kier alpha value is -5.70. The van der Waals surface area contributed by atoms with Gasteiger partial charge in [0.05, 0.1) is 0 Å². The van der Waals surface area contributed by atoms with Gasteiger partial charge < -0.3 is 4.42 Å². The molecule has 0 aliphatic carbocycles. The van der Waals surface area contributed by atoms with Crippen LogP contribution in [0, 0.1) is 0 Å². The molecule has 8 aromatic carbocycles. The lowest BCUT2D eigenvalue weighted by atomic mass is 9.84. The average molecular weight is 603 g/mol. The number of benzene rings is 8. The first-order valence-electron chi connectivity index (χ1n) is 15.7. The number of rotatable bonds is 3. The van der Waals surface area contributed by atoms with Crippen molar-refractivity contribution >= 4 is 75.7 Å². The molecule has 0 aliphatic rings. The summed E-state index contributed by atoms with van der Waals surface area (Å²) < 4.78 is 7.72. The van der Waals surface area contributed by atoms with Crippen molar-refractivity contribution in [2.75, 3.05) is 0 Å². The van der Waals surface area contributed by atoms with Gasteiger partial charge in [-0.2, -0.15) is 0 Å². The molecule has 0 fully saturated rings.